The zero-order chi connectivity index (χ0) is 9.76. The van der Waals surface area contributed by atoms with Crippen LogP contribution >= 0.6 is 11.6 Å². The van der Waals surface area contributed by atoms with E-state index in [4.69, 9.17) is 22.1 Å². The van der Waals surface area contributed by atoms with Crippen molar-refractivity contribution in [2.75, 3.05) is 12.3 Å². The number of anilines is 1. The van der Waals surface area contributed by atoms with Gasteiger partial charge in [0.1, 0.15) is 5.82 Å². The lowest BCUT2D eigenvalue weighted by Crippen LogP contribution is -2.26. The Hall–Kier alpha value is -0.870. The average molecular weight is 212 g/mol. The second kappa shape index (κ2) is 2.58. The minimum Gasteiger partial charge on any atom is -0.382 e. The normalized spacial score (nSPS) is 22.1. The maximum atomic E-state index is 5.96. The highest BCUT2D eigenvalue weighted by Gasteiger charge is 2.50. The predicted molar refractivity (Wildman–Crippen MR) is 52.0 cm³/mol. The molecule has 0 unspecified atom stereocenters. The van der Waals surface area contributed by atoms with Crippen molar-refractivity contribution in [2.45, 2.75) is 24.9 Å². The summed E-state index contributed by atoms with van der Waals surface area (Å²) in [7, 11) is 0. The minimum absolute atomic E-state index is 0.108. The van der Waals surface area contributed by atoms with Crippen LogP contribution in [0.1, 0.15) is 24.0 Å². The van der Waals surface area contributed by atoms with E-state index in [9.17, 15) is 0 Å². The first kappa shape index (κ1) is 8.44. The smallest absolute Gasteiger partial charge is 0.157 e. The number of nitrogens with two attached hydrogens (primary N) is 1. The maximum Gasteiger partial charge on any atom is 0.157 e. The lowest BCUT2D eigenvalue weighted by Gasteiger charge is -2.26. The molecule has 1 aliphatic carbocycles. The van der Waals surface area contributed by atoms with Crippen LogP contribution in [0.25, 0.3) is 0 Å². The Kier molecular flexibility index (Phi) is 1.56. The summed E-state index contributed by atoms with van der Waals surface area (Å²) in [5, 5.41) is 8.09. The van der Waals surface area contributed by atoms with E-state index in [1.54, 1.807) is 0 Å². The molecule has 3 rings (SSSR count). The summed E-state index contributed by atoms with van der Waals surface area (Å²) in [6.45, 7) is 1.25. The third-order valence-corrected chi connectivity index (χ3v) is 3.36. The fourth-order valence-electron chi connectivity index (χ4n) is 2.16. The van der Waals surface area contributed by atoms with Gasteiger partial charge in [0.2, 0.25) is 0 Å². The molecule has 1 aromatic heterocycles. The van der Waals surface area contributed by atoms with E-state index < -0.39 is 0 Å². The molecule has 2 N–H and O–H groups in total. The van der Waals surface area contributed by atoms with Crippen LogP contribution in [0.5, 0.6) is 0 Å². The second-order valence-electron chi connectivity index (χ2n) is 4.00. The van der Waals surface area contributed by atoms with E-state index in [-0.39, 0.29) is 5.41 Å². The van der Waals surface area contributed by atoms with E-state index in [1.165, 1.54) is 0 Å². The van der Waals surface area contributed by atoms with Crippen LogP contribution in [0.2, 0.25) is 5.15 Å². The first-order chi connectivity index (χ1) is 6.73. The van der Waals surface area contributed by atoms with E-state index in [2.05, 4.69) is 10.2 Å². The number of aromatic nitrogens is 2. The van der Waals surface area contributed by atoms with Crippen molar-refractivity contribution in [3.63, 3.8) is 0 Å². The lowest BCUT2D eigenvalue weighted by molar-refractivity contribution is 0.0836. The van der Waals surface area contributed by atoms with Gasteiger partial charge in [-0.1, -0.05) is 11.6 Å². The molecule has 1 aliphatic heterocycles. The first-order valence-corrected chi connectivity index (χ1v) is 4.99. The molecule has 14 heavy (non-hydrogen) atoms. The molecule has 5 heteroatoms. The van der Waals surface area contributed by atoms with Crippen LogP contribution in [0.15, 0.2) is 0 Å². The molecule has 0 amide bonds. The second-order valence-corrected chi connectivity index (χ2v) is 4.36. The summed E-state index contributed by atoms with van der Waals surface area (Å²) in [6.07, 6.45) is 2.23. The third kappa shape index (κ3) is 0.980. The highest BCUT2D eigenvalue weighted by molar-refractivity contribution is 6.30. The van der Waals surface area contributed by atoms with Crippen LogP contribution < -0.4 is 5.73 Å². The van der Waals surface area contributed by atoms with Gasteiger partial charge in [0.15, 0.2) is 5.15 Å². The average Bonchev–Trinajstić information content (AvgIpc) is 2.92. The maximum absolute atomic E-state index is 5.96. The van der Waals surface area contributed by atoms with Gasteiger partial charge in [-0.25, -0.2) is 0 Å². The van der Waals surface area contributed by atoms with Crippen molar-refractivity contribution in [3.8, 4) is 0 Å². The lowest BCUT2D eigenvalue weighted by atomic mass is 9.92. The van der Waals surface area contributed by atoms with Crippen LogP contribution in [-0.4, -0.2) is 16.8 Å². The number of halogens is 1. The predicted octanol–water partition coefficient (Wildman–Crippen LogP) is 1.27. The molecule has 0 aromatic carbocycles. The quantitative estimate of drug-likeness (QED) is 0.702. The van der Waals surface area contributed by atoms with Gasteiger partial charge in [-0.3, -0.25) is 0 Å². The number of fused-ring (bicyclic) bond motifs is 2. The van der Waals surface area contributed by atoms with Gasteiger partial charge in [-0.05, 0) is 12.8 Å². The molecular weight excluding hydrogens is 202 g/mol. The fraction of sp³-hybridized carbons (Fsp3) is 0.556. The van der Waals surface area contributed by atoms with Crippen LogP contribution in [0.4, 0.5) is 5.82 Å². The monoisotopic (exact) mass is 211 g/mol. The minimum atomic E-state index is 0.108. The SMILES string of the molecule is Nc1nnc(Cl)c2c1C1(CC1)COC2. The van der Waals surface area contributed by atoms with E-state index >= 15 is 0 Å². The van der Waals surface area contributed by atoms with Gasteiger partial charge in [-0.15, -0.1) is 10.2 Å². The Morgan fingerprint density at radius 1 is 1.36 bits per heavy atom. The number of nitrogen functional groups attached to an aromatic ring is 1. The number of ether oxygens (including phenoxy) is 1. The van der Waals surface area contributed by atoms with Crippen molar-refractivity contribution >= 4 is 17.4 Å². The fourth-order valence-corrected chi connectivity index (χ4v) is 2.34. The Morgan fingerprint density at radius 3 is 2.86 bits per heavy atom. The van der Waals surface area contributed by atoms with Gasteiger partial charge >= 0.3 is 0 Å². The molecule has 0 saturated heterocycles. The standard InChI is InChI=1S/C9H10ClN3O/c10-7-5-3-14-4-9(1-2-9)6(5)8(11)13-12-7/h1-4H2,(H2,11,13). The van der Waals surface area contributed by atoms with E-state index in [1.807, 2.05) is 0 Å². The molecule has 0 radical (unpaired) electrons. The molecule has 1 spiro atoms. The summed E-state index contributed by atoms with van der Waals surface area (Å²) >= 11 is 5.96. The van der Waals surface area contributed by atoms with Crippen molar-refractivity contribution < 1.29 is 4.74 Å². The Morgan fingerprint density at radius 2 is 2.14 bits per heavy atom. The van der Waals surface area contributed by atoms with E-state index in [0.717, 1.165) is 30.6 Å². The highest BCUT2D eigenvalue weighted by atomic mass is 35.5. The van der Waals surface area contributed by atoms with Gasteiger partial charge < -0.3 is 10.5 Å². The van der Waals surface area contributed by atoms with Crippen LogP contribution in [-0.2, 0) is 16.8 Å². The summed E-state index contributed by atoms with van der Waals surface area (Å²) in [5.74, 6) is 0.519. The Labute approximate surface area is 86.4 Å². The van der Waals surface area contributed by atoms with Crippen molar-refractivity contribution in [2.24, 2.45) is 0 Å². The zero-order valence-electron chi connectivity index (χ0n) is 7.59. The molecule has 2 aliphatic rings. The topological polar surface area (TPSA) is 61.0 Å². The first-order valence-electron chi connectivity index (χ1n) is 4.62. The van der Waals surface area contributed by atoms with Crippen molar-refractivity contribution in [1.82, 2.24) is 10.2 Å². The highest BCUT2D eigenvalue weighted by Crippen LogP contribution is 2.53. The summed E-state index contributed by atoms with van der Waals surface area (Å²) in [5.41, 5.74) is 7.97. The van der Waals surface area contributed by atoms with Gasteiger partial charge in [0.05, 0.1) is 13.2 Å². The molecule has 1 fully saturated rings. The molecule has 2 heterocycles. The molecule has 0 atom stereocenters. The van der Waals surface area contributed by atoms with Crippen LogP contribution in [0.3, 0.4) is 0 Å². The van der Waals surface area contributed by atoms with Gasteiger partial charge in [0, 0.05) is 16.5 Å². The van der Waals surface area contributed by atoms with Crippen LogP contribution in [0, 0.1) is 0 Å². The number of hydrogen-bond acceptors (Lipinski definition) is 4. The third-order valence-electron chi connectivity index (χ3n) is 3.06. The molecule has 1 aromatic rings. The molecule has 1 saturated carbocycles. The number of hydrogen-bond donors (Lipinski definition) is 1. The number of nitrogens with zero attached hydrogens (tertiary/aromatic N) is 2. The van der Waals surface area contributed by atoms with Gasteiger partial charge in [0.25, 0.3) is 0 Å². The molecule has 0 bridgehead atoms. The summed E-state index contributed by atoms with van der Waals surface area (Å²) < 4.78 is 5.50. The van der Waals surface area contributed by atoms with Gasteiger partial charge in [-0.2, -0.15) is 0 Å². The summed E-state index contributed by atoms with van der Waals surface area (Å²) in [6, 6.07) is 0. The Balaban J connectivity index is 2.25. The molecular formula is C9H10ClN3O. The van der Waals surface area contributed by atoms with Crippen molar-refractivity contribution in [3.05, 3.63) is 16.3 Å². The van der Waals surface area contributed by atoms with Crippen molar-refractivity contribution in [1.29, 1.82) is 0 Å². The summed E-state index contributed by atoms with van der Waals surface area (Å²) in [4.78, 5) is 0. The Bertz CT molecular complexity index is 403. The van der Waals surface area contributed by atoms with E-state index in [0.29, 0.717) is 17.6 Å². The number of rotatable bonds is 0. The zero-order valence-corrected chi connectivity index (χ0v) is 8.34. The molecule has 74 valence electrons. The molecule has 4 nitrogen and oxygen atoms in total. The largest absolute Gasteiger partial charge is 0.382 e.